The molecule has 1 spiro atoms. The molecule has 2 fully saturated rings. The van der Waals surface area contributed by atoms with Gasteiger partial charge in [-0.1, -0.05) is 0 Å². The third kappa shape index (κ3) is 5.49. The fourth-order valence-corrected chi connectivity index (χ4v) is 3.21. The summed E-state index contributed by atoms with van der Waals surface area (Å²) < 4.78 is 0. The van der Waals surface area contributed by atoms with Gasteiger partial charge in [-0.3, -0.25) is 9.59 Å². The maximum Gasteiger partial charge on any atom is 0.243 e. The van der Waals surface area contributed by atoms with E-state index in [0.29, 0.717) is 6.42 Å². The van der Waals surface area contributed by atoms with E-state index in [4.69, 9.17) is 0 Å². The molecule has 138 valence electrons. The smallest absolute Gasteiger partial charge is 0.243 e. The summed E-state index contributed by atoms with van der Waals surface area (Å²) in [4.78, 5) is 31.7. The van der Waals surface area contributed by atoms with Gasteiger partial charge in [-0.15, -0.1) is 24.0 Å². The van der Waals surface area contributed by atoms with E-state index in [-0.39, 0.29) is 53.8 Å². The molecule has 0 aromatic rings. The molecular formula is C16H30IN5O2. The van der Waals surface area contributed by atoms with Crippen molar-refractivity contribution in [1.29, 1.82) is 0 Å². The zero-order chi connectivity index (χ0) is 17.0. The van der Waals surface area contributed by atoms with Crippen LogP contribution in [0.1, 0.15) is 33.1 Å². The fourth-order valence-electron chi connectivity index (χ4n) is 3.21. The highest BCUT2D eigenvalue weighted by atomic mass is 127. The van der Waals surface area contributed by atoms with E-state index in [1.165, 1.54) is 0 Å². The van der Waals surface area contributed by atoms with Crippen LogP contribution in [0.3, 0.4) is 0 Å². The Labute approximate surface area is 161 Å². The number of rotatable bonds is 3. The topological polar surface area (TPSA) is 77.0 Å². The van der Waals surface area contributed by atoms with Crippen LogP contribution in [0.5, 0.6) is 0 Å². The molecular weight excluding hydrogens is 421 g/mol. The van der Waals surface area contributed by atoms with Crippen LogP contribution < -0.4 is 10.6 Å². The minimum absolute atomic E-state index is 0. The maximum absolute atomic E-state index is 11.8. The van der Waals surface area contributed by atoms with Gasteiger partial charge >= 0.3 is 0 Å². The van der Waals surface area contributed by atoms with Crippen molar-refractivity contribution in [2.24, 2.45) is 10.4 Å². The van der Waals surface area contributed by atoms with E-state index >= 15 is 0 Å². The first-order chi connectivity index (χ1) is 10.8. The standard InChI is InChI=1S/C16H29N5O2.HI/c1-12(2)19-15(17-9-14(23)20(3)4)21-7-5-6-16(11-21)8-13(22)18-10-16;/h12H,5-11H2,1-4H3,(H,17,19)(H,18,22);1H. The number of halogens is 1. The number of aliphatic imine (C=N–C) groups is 1. The highest BCUT2D eigenvalue weighted by Gasteiger charge is 2.42. The number of guanidine groups is 1. The lowest BCUT2D eigenvalue weighted by Crippen LogP contribution is -2.52. The molecule has 2 N–H and O–H groups in total. The average Bonchev–Trinajstić information content (AvgIpc) is 2.83. The second-order valence-corrected chi connectivity index (χ2v) is 7.21. The first-order valence-corrected chi connectivity index (χ1v) is 8.34. The molecule has 8 heteroatoms. The number of likely N-dealkylation sites (N-methyl/N-ethyl adjacent to an activating group) is 1. The quantitative estimate of drug-likeness (QED) is 0.376. The normalized spacial score (nSPS) is 24.0. The van der Waals surface area contributed by atoms with Crippen LogP contribution in [0.2, 0.25) is 0 Å². The second-order valence-electron chi connectivity index (χ2n) is 7.21. The van der Waals surface area contributed by atoms with Gasteiger partial charge in [0.05, 0.1) is 0 Å². The molecule has 7 nitrogen and oxygen atoms in total. The lowest BCUT2D eigenvalue weighted by molar-refractivity contribution is -0.127. The third-order valence-corrected chi connectivity index (χ3v) is 4.44. The Morgan fingerprint density at radius 3 is 2.71 bits per heavy atom. The largest absolute Gasteiger partial charge is 0.355 e. The number of likely N-dealkylation sites (tertiary alicyclic amines) is 1. The number of carbonyl (C=O) groups is 2. The molecule has 0 aromatic carbocycles. The van der Waals surface area contributed by atoms with Crippen molar-refractivity contribution in [3.63, 3.8) is 0 Å². The monoisotopic (exact) mass is 451 g/mol. The number of hydrogen-bond donors (Lipinski definition) is 2. The van der Waals surface area contributed by atoms with Gasteiger partial charge in [-0.25, -0.2) is 4.99 Å². The predicted molar refractivity (Wildman–Crippen MR) is 106 cm³/mol. The number of hydrogen-bond acceptors (Lipinski definition) is 3. The van der Waals surface area contributed by atoms with Crippen molar-refractivity contribution >= 4 is 41.8 Å². The SMILES string of the molecule is CC(C)NC(=NCC(=O)N(C)C)N1CCCC2(CNC(=O)C2)C1.I. The van der Waals surface area contributed by atoms with E-state index in [0.717, 1.165) is 38.4 Å². The number of piperidine rings is 1. The third-order valence-electron chi connectivity index (χ3n) is 4.44. The van der Waals surface area contributed by atoms with Crippen LogP contribution in [-0.4, -0.2) is 73.9 Å². The molecule has 2 rings (SSSR count). The van der Waals surface area contributed by atoms with Gasteiger partial charge < -0.3 is 20.4 Å². The number of nitrogens with one attached hydrogen (secondary N) is 2. The molecule has 2 aliphatic rings. The molecule has 2 heterocycles. The van der Waals surface area contributed by atoms with Crippen molar-refractivity contribution in [1.82, 2.24) is 20.4 Å². The Kier molecular flexibility index (Phi) is 7.75. The van der Waals surface area contributed by atoms with Gasteiger partial charge in [0.2, 0.25) is 11.8 Å². The lowest BCUT2D eigenvalue weighted by atomic mass is 9.79. The van der Waals surface area contributed by atoms with Crippen molar-refractivity contribution in [2.45, 2.75) is 39.2 Å². The van der Waals surface area contributed by atoms with Gasteiger partial charge in [0, 0.05) is 51.6 Å². The van der Waals surface area contributed by atoms with Crippen molar-refractivity contribution in [3.8, 4) is 0 Å². The zero-order valence-corrected chi connectivity index (χ0v) is 17.4. The lowest BCUT2D eigenvalue weighted by Gasteiger charge is -2.41. The summed E-state index contributed by atoms with van der Waals surface area (Å²) in [6.45, 7) is 6.72. The summed E-state index contributed by atoms with van der Waals surface area (Å²) in [7, 11) is 3.47. The molecule has 0 aromatic heterocycles. The van der Waals surface area contributed by atoms with Crippen LogP contribution in [-0.2, 0) is 9.59 Å². The van der Waals surface area contributed by atoms with Crippen LogP contribution in [0, 0.1) is 5.41 Å². The van der Waals surface area contributed by atoms with Crippen molar-refractivity contribution in [3.05, 3.63) is 0 Å². The minimum Gasteiger partial charge on any atom is -0.355 e. The highest BCUT2D eigenvalue weighted by molar-refractivity contribution is 14.0. The second kappa shape index (κ2) is 8.87. The van der Waals surface area contributed by atoms with E-state index in [9.17, 15) is 9.59 Å². The summed E-state index contributed by atoms with van der Waals surface area (Å²) in [5.41, 5.74) is 0.0142. The summed E-state index contributed by atoms with van der Waals surface area (Å²) in [6, 6.07) is 0.240. The maximum atomic E-state index is 11.8. The minimum atomic E-state index is -0.0162. The molecule has 0 bridgehead atoms. The number of carbonyl (C=O) groups excluding carboxylic acids is 2. The Hall–Kier alpha value is -1.06. The fraction of sp³-hybridized carbons (Fsp3) is 0.812. The Balaban J connectivity index is 0.00000288. The Morgan fingerprint density at radius 2 is 2.17 bits per heavy atom. The van der Waals surface area contributed by atoms with E-state index in [1.54, 1.807) is 19.0 Å². The summed E-state index contributed by atoms with van der Waals surface area (Å²) in [5.74, 6) is 0.899. The molecule has 1 unspecified atom stereocenters. The molecule has 2 amide bonds. The molecule has 0 aliphatic carbocycles. The van der Waals surface area contributed by atoms with Gasteiger partial charge in [-0.2, -0.15) is 0 Å². The number of nitrogens with zero attached hydrogens (tertiary/aromatic N) is 3. The summed E-state index contributed by atoms with van der Waals surface area (Å²) in [5, 5.41) is 6.32. The van der Waals surface area contributed by atoms with Crippen LogP contribution in [0.25, 0.3) is 0 Å². The highest BCUT2D eigenvalue weighted by Crippen LogP contribution is 2.36. The van der Waals surface area contributed by atoms with Crippen LogP contribution >= 0.6 is 24.0 Å². The van der Waals surface area contributed by atoms with E-state index in [1.807, 2.05) is 0 Å². The summed E-state index contributed by atoms with van der Waals surface area (Å²) >= 11 is 0. The van der Waals surface area contributed by atoms with Gasteiger partial charge in [-0.05, 0) is 26.7 Å². The van der Waals surface area contributed by atoms with E-state index in [2.05, 4.69) is 34.4 Å². The molecule has 1 atom stereocenters. The first-order valence-electron chi connectivity index (χ1n) is 8.34. The van der Waals surface area contributed by atoms with Crippen molar-refractivity contribution < 1.29 is 9.59 Å². The van der Waals surface area contributed by atoms with Crippen molar-refractivity contribution in [2.75, 3.05) is 40.3 Å². The average molecular weight is 451 g/mol. The first kappa shape index (κ1) is 21.0. The Bertz CT molecular complexity index is 495. The van der Waals surface area contributed by atoms with E-state index < -0.39 is 0 Å². The van der Waals surface area contributed by atoms with Gasteiger partial charge in [0.15, 0.2) is 5.96 Å². The molecule has 2 saturated heterocycles. The molecule has 0 radical (unpaired) electrons. The van der Waals surface area contributed by atoms with Gasteiger partial charge in [0.1, 0.15) is 6.54 Å². The molecule has 0 saturated carbocycles. The zero-order valence-electron chi connectivity index (χ0n) is 15.1. The summed E-state index contributed by atoms with van der Waals surface area (Å²) in [6.07, 6.45) is 2.69. The van der Waals surface area contributed by atoms with Crippen LogP contribution in [0.15, 0.2) is 4.99 Å². The predicted octanol–water partition coefficient (Wildman–Crippen LogP) is 0.649. The Morgan fingerprint density at radius 1 is 1.46 bits per heavy atom. The van der Waals surface area contributed by atoms with Gasteiger partial charge in [0.25, 0.3) is 0 Å². The molecule has 2 aliphatic heterocycles. The van der Waals surface area contributed by atoms with Crippen LogP contribution in [0.4, 0.5) is 0 Å². The number of amides is 2. The molecule has 24 heavy (non-hydrogen) atoms.